The highest BCUT2D eigenvalue weighted by atomic mass is 16.3. The number of carbonyl (C=O) groups is 1. The minimum absolute atomic E-state index is 0.0370. The van der Waals surface area contributed by atoms with E-state index in [9.17, 15) is 9.90 Å². The lowest BCUT2D eigenvalue weighted by atomic mass is 10.0. The molecular weight excluding hydrogens is 390 g/mol. The summed E-state index contributed by atoms with van der Waals surface area (Å²) >= 11 is 0. The van der Waals surface area contributed by atoms with Crippen molar-refractivity contribution in [3.8, 4) is 16.9 Å². The number of phenolic OH excluding ortho intramolecular Hbond substituents is 1. The molecule has 7 nitrogen and oxygen atoms in total. The summed E-state index contributed by atoms with van der Waals surface area (Å²) in [5, 5.41) is 14.1. The average Bonchev–Trinajstić information content (AvgIpc) is 3.11. The number of rotatable bonds is 3. The Kier molecular flexibility index (Phi) is 4.89. The fourth-order valence-electron chi connectivity index (χ4n) is 3.52. The van der Waals surface area contributed by atoms with Gasteiger partial charge in [-0.15, -0.1) is 0 Å². The molecule has 4 rings (SSSR count). The Morgan fingerprint density at radius 2 is 1.81 bits per heavy atom. The van der Waals surface area contributed by atoms with Gasteiger partial charge in [0.2, 0.25) is 0 Å². The molecule has 0 saturated carbocycles. The van der Waals surface area contributed by atoms with Gasteiger partial charge in [0.05, 0.1) is 11.1 Å². The second-order valence-electron chi connectivity index (χ2n) is 8.59. The van der Waals surface area contributed by atoms with E-state index in [2.05, 4.69) is 36.1 Å². The highest BCUT2D eigenvalue weighted by molar-refractivity contribution is 6.06. The van der Waals surface area contributed by atoms with Crippen LogP contribution in [0.2, 0.25) is 0 Å². The fraction of sp³-hybridized carbons (Fsp3) is 0.208. The van der Waals surface area contributed by atoms with Gasteiger partial charge in [0.15, 0.2) is 0 Å². The molecular formula is C24H25N5O2. The van der Waals surface area contributed by atoms with Gasteiger partial charge in [-0.2, -0.15) is 0 Å². The number of nitrogen functional groups attached to an aromatic ring is 1. The molecule has 2 aromatic heterocycles. The van der Waals surface area contributed by atoms with E-state index in [1.165, 1.54) is 6.33 Å². The lowest BCUT2D eigenvalue weighted by Gasteiger charge is -2.21. The summed E-state index contributed by atoms with van der Waals surface area (Å²) in [5.41, 5.74) is 10.2. The molecule has 0 saturated heterocycles. The highest BCUT2D eigenvalue weighted by Crippen LogP contribution is 2.38. The van der Waals surface area contributed by atoms with E-state index >= 15 is 0 Å². The molecule has 158 valence electrons. The smallest absolute Gasteiger partial charge is 0.255 e. The topological polar surface area (TPSA) is 106 Å². The van der Waals surface area contributed by atoms with Crippen LogP contribution in [0.25, 0.3) is 22.2 Å². The number of aromatic hydroxyl groups is 1. The predicted molar refractivity (Wildman–Crippen MR) is 123 cm³/mol. The number of nitrogens with two attached hydrogens (primary N) is 1. The molecule has 0 unspecified atom stereocenters. The Morgan fingerprint density at radius 3 is 2.45 bits per heavy atom. The number of aromatic nitrogens is 3. The molecule has 0 aliphatic carbocycles. The van der Waals surface area contributed by atoms with Crippen LogP contribution in [-0.4, -0.2) is 25.5 Å². The van der Waals surface area contributed by atoms with Gasteiger partial charge >= 0.3 is 0 Å². The van der Waals surface area contributed by atoms with Gasteiger partial charge in [-0.05, 0) is 57.5 Å². The second-order valence-corrected chi connectivity index (χ2v) is 8.59. The van der Waals surface area contributed by atoms with Crippen molar-refractivity contribution in [3.05, 3.63) is 66.1 Å². The first-order valence-corrected chi connectivity index (χ1v) is 9.98. The molecule has 31 heavy (non-hydrogen) atoms. The summed E-state index contributed by atoms with van der Waals surface area (Å²) in [6.07, 6.45) is 3.42. The normalized spacial score (nSPS) is 11.6. The van der Waals surface area contributed by atoms with E-state index in [1.54, 1.807) is 24.3 Å². The van der Waals surface area contributed by atoms with Crippen LogP contribution in [0.3, 0.4) is 0 Å². The molecule has 0 atom stereocenters. The highest BCUT2D eigenvalue weighted by Gasteiger charge is 2.22. The zero-order valence-electron chi connectivity index (χ0n) is 18.0. The number of amides is 1. The molecule has 7 heteroatoms. The zero-order valence-corrected chi connectivity index (χ0v) is 18.0. The van der Waals surface area contributed by atoms with E-state index in [0.29, 0.717) is 17.1 Å². The number of carbonyl (C=O) groups excluding carboxylic acids is 1. The maximum absolute atomic E-state index is 12.5. The van der Waals surface area contributed by atoms with Crippen LogP contribution in [0.1, 0.15) is 36.7 Å². The van der Waals surface area contributed by atoms with Crippen LogP contribution in [0, 0.1) is 6.92 Å². The molecule has 4 aromatic rings. The minimum atomic E-state index is -0.287. The number of nitrogens with zero attached hydrogens (tertiary/aromatic N) is 3. The third-order valence-electron chi connectivity index (χ3n) is 5.21. The summed E-state index contributed by atoms with van der Waals surface area (Å²) in [7, 11) is 0. The van der Waals surface area contributed by atoms with Crippen LogP contribution in [0.5, 0.6) is 5.75 Å². The second kappa shape index (κ2) is 7.43. The molecule has 0 aliphatic rings. The first-order valence-electron chi connectivity index (χ1n) is 9.98. The molecule has 2 heterocycles. The van der Waals surface area contributed by atoms with Crippen molar-refractivity contribution in [2.45, 2.75) is 33.2 Å². The van der Waals surface area contributed by atoms with Gasteiger partial charge in [0, 0.05) is 22.9 Å². The molecule has 0 aliphatic heterocycles. The van der Waals surface area contributed by atoms with E-state index in [0.717, 1.165) is 27.7 Å². The number of phenols is 1. The molecule has 0 fully saturated rings. The quantitative estimate of drug-likeness (QED) is 0.421. The van der Waals surface area contributed by atoms with Crippen LogP contribution >= 0.6 is 0 Å². The van der Waals surface area contributed by atoms with Crippen molar-refractivity contribution in [1.82, 2.24) is 14.5 Å². The van der Waals surface area contributed by atoms with Gasteiger partial charge < -0.3 is 20.7 Å². The number of hydrogen-bond acceptors (Lipinski definition) is 5. The van der Waals surface area contributed by atoms with E-state index in [-0.39, 0.29) is 17.2 Å². The Labute approximate surface area is 180 Å². The number of anilines is 2. The van der Waals surface area contributed by atoms with Crippen molar-refractivity contribution in [3.63, 3.8) is 0 Å². The van der Waals surface area contributed by atoms with Crippen molar-refractivity contribution < 1.29 is 9.90 Å². The van der Waals surface area contributed by atoms with Gasteiger partial charge in [0.1, 0.15) is 23.5 Å². The molecule has 2 aromatic carbocycles. The standard InChI is InChI=1S/C24H25N5O2/c1-14-5-7-15(8-6-14)23(31)28-18-10-9-16(11-19(18)30)17-12-29(24(2,3)4)22-20(17)21(25)26-13-27-22/h5-13,30H,1-4H3,(H,28,31)(H2,25,26,27). The summed E-state index contributed by atoms with van der Waals surface area (Å²) in [6.45, 7) is 8.20. The zero-order chi connectivity index (χ0) is 22.3. The number of nitrogens with one attached hydrogen (secondary N) is 1. The molecule has 1 amide bonds. The Bertz CT molecular complexity index is 1280. The Balaban J connectivity index is 1.72. The van der Waals surface area contributed by atoms with Crippen molar-refractivity contribution in [2.24, 2.45) is 0 Å². The Hall–Kier alpha value is -3.87. The molecule has 0 radical (unpaired) electrons. The average molecular weight is 415 g/mol. The van der Waals surface area contributed by atoms with E-state index in [4.69, 9.17) is 5.73 Å². The van der Waals surface area contributed by atoms with Crippen LogP contribution < -0.4 is 11.1 Å². The largest absolute Gasteiger partial charge is 0.506 e. The van der Waals surface area contributed by atoms with Gasteiger partial charge in [0.25, 0.3) is 5.91 Å². The van der Waals surface area contributed by atoms with Crippen LogP contribution in [0.15, 0.2) is 55.0 Å². The van der Waals surface area contributed by atoms with Gasteiger partial charge in [-0.25, -0.2) is 9.97 Å². The molecule has 0 spiro atoms. The monoisotopic (exact) mass is 415 g/mol. The number of aryl methyl sites for hydroxylation is 1. The summed E-state index contributed by atoms with van der Waals surface area (Å²) in [4.78, 5) is 21.1. The predicted octanol–water partition coefficient (Wildman–Crippen LogP) is 4.70. The van der Waals surface area contributed by atoms with Crippen molar-refractivity contribution in [2.75, 3.05) is 11.1 Å². The maximum atomic E-state index is 12.5. The summed E-state index contributed by atoms with van der Waals surface area (Å²) in [5.74, 6) is 0.0503. The number of hydrogen-bond donors (Lipinski definition) is 3. The SMILES string of the molecule is Cc1ccc(C(=O)Nc2ccc(-c3cn(C(C)(C)C)c4ncnc(N)c34)cc2O)cc1. The van der Waals surface area contributed by atoms with Crippen molar-refractivity contribution in [1.29, 1.82) is 0 Å². The van der Waals surface area contributed by atoms with Gasteiger partial charge in [-0.1, -0.05) is 23.8 Å². The van der Waals surface area contributed by atoms with E-state index in [1.807, 2.05) is 35.9 Å². The first-order chi connectivity index (χ1) is 14.6. The molecule has 4 N–H and O–H groups in total. The third-order valence-corrected chi connectivity index (χ3v) is 5.21. The lowest BCUT2D eigenvalue weighted by molar-refractivity contribution is 0.102. The van der Waals surface area contributed by atoms with Gasteiger partial charge in [-0.3, -0.25) is 4.79 Å². The fourth-order valence-corrected chi connectivity index (χ4v) is 3.52. The van der Waals surface area contributed by atoms with Crippen LogP contribution in [-0.2, 0) is 5.54 Å². The van der Waals surface area contributed by atoms with Crippen molar-refractivity contribution >= 4 is 28.4 Å². The first kappa shape index (κ1) is 20.4. The van der Waals surface area contributed by atoms with E-state index < -0.39 is 0 Å². The lowest BCUT2D eigenvalue weighted by Crippen LogP contribution is -2.21. The third kappa shape index (κ3) is 3.82. The van der Waals surface area contributed by atoms with Crippen LogP contribution in [0.4, 0.5) is 11.5 Å². The summed E-state index contributed by atoms with van der Waals surface area (Å²) in [6, 6.07) is 12.4. The maximum Gasteiger partial charge on any atom is 0.255 e. The Morgan fingerprint density at radius 1 is 1.10 bits per heavy atom. The minimum Gasteiger partial charge on any atom is -0.506 e. The summed E-state index contributed by atoms with van der Waals surface area (Å²) < 4.78 is 2.04. The number of benzene rings is 2. The molecule has 0 bridgehead atoms. The number of fused-ring (bicyclic) bond motifs is 1.